The van der Waals surface area contributed by atoms with Crippen molar-refractivity contribution in [2.75, 3.05) is 0 Å². The zero-order valence-corrected chi connectivity index (χ0v) is 21.4. The van der Waals surface area contributed by atoms with Crippen LogP contribution >= 0.6 is 0 Å². The number of hydrogen-bond donors (Lipinski definition) is 10. The van der Waals surface area contributed by atoms with Crippen molar-refractivity contribution in [3.63, 3.8) is 0 Å². The number of aliphatic hydroxyl groups is 2. The lowest BCUT2D eigenvalue weighted by Gasteiger charge is -2.60. The summed E-state index contributed by atoms with van der Waals surface area (Å²) >= 11 is 0. The Morgan fingerprint density at radius 2 is 1.38 bits per heavy atom. The molecule has 0 aromatic heterocycles. The van der Waals surface area contributed by atoms with Gasteiger partial charge in [-0.3, -0.25) is 0 Å². The molecule has 0 saturated carbocycles. The van der Waals surface area contributed by atoms with Crippen molar-refractivity contribution in [1.29, 1.82) is 0 Å². The zero-order valence-electron chi connectivity index (χ0n) is 21.4. The van der Waals surface area contributed by atoms with Gasteiger partial charge in [0.15, 0.2) is 34.7 Å². The molecular weight excluding hydrogens is 552 g/mol. The fourth-order valence-electron chi connectivity index (χ4n) is 6.79. The Morgan fingerprint density at radius 1 is 0.690 bits per heavy atom. The fourth-order valence-corrected chi connectivity index (χ4v) is 6.79. The Kier molecular flexibility index (Phi) is 5.01. The van der Waals surface area contributed by atoms with Gasteiger partial charge < -0.3 is 60.5 Å². The molecular formula is C30H24O12. The smallest absolute Gasteiger partial charge is 0.177 e. The van der Waals surface area contributed by atoms with E-state index in [0.717, 1.165) is 30.3 Å². The summed E-state index contributed by atoms with van der Waals surface area (Å²) in [7, 11) is 0. The van der Waals surface area contributed by atoms with Crippen LogP contribution in [0.5, 0.6) is 57.5 Å². The number of benzene rings is 4. The minimum absolute atomic E-state index is 0.0106. The van der Waals surface area contributed by atoms with Crippen LogP contribution in [0.15, 0.2) is 54.6 Å². The molecule has 0 saturated heterocycles. The monoisotopic (exact) mass is 576 g/mol. The Bertz CT molecular complexity index is 1820. The first-order valence-electron chi connectivity index (χ1n) is 12.8. The second-order valence-corrected chi connectivity index (χ2v) is 10.8. The van der Waals surface area contributed by atoms with Crippen molar-refractivity contribution in [1.82, 2.24) is 0 Å². The predicted octanol–water partition coefficient (Wildman–Crippen LogP) is 2.64. The van der Waals surface area contributed by atoms with Crippen molar-refractivity contribution >= 4 is 0 Å². The van der Waals surface area contributed by atoms with E-state index in [2.05, 4.69) is 0 Å². The Morgan fingerprint density at radius 3 is 2.07 bits per heavy atom. The highest BCUT2D eigenvalue weighted by atomic mass is 16.5. The van der Waals surface area contributed by atoms with E-state index in [4.69, 9.17) is 9.47 Å². The number of aliphatic hydroxyl groups excluding tert-OH is 1. The van der Waals surface area contributed by atoms with E-state index in [0.29, 0.717) is 0 Å². The Labute approximate surface area is 236 Å². The average Bonchev–Trinajstić information content (AvgIpc) is 2.92. The molecule has 0 amide bonds. The van der Waals surface area contributed by atoms with Gasteiger partial charge in [0.1, 0.15) is 46.2 Å². The standard InChI is InChI=1S/C30H24O12/c31-13-7-17(34)14-10-29(40)24-21(38)9-20(37)23-25(26(39)27(41-28(23)24)11-1-3-15(32)18(35)5-11)30(29,42-22(14)8-13)12-2-4-16(33)19(36)6-12/h1-9,25-27,31-40H,10H2/t25?,26-,27?,29-,30?/m1/s1. The van der Waals surface area contributed by atoms with Gasteiger partial charge in [-0.2, -0.15) is 0 Å². The van der Waals surface area contributed by atoms with E-state index >= 15 is 0 Å². The van der Waals surface area contributed by atoms with Crippen LogP contribution < -0.4 is 9.47 Å². The second kappa shape index (κ2) is 8.18. The number of rotatable bonds is 2. The van der Waals surface area contributed by atoms with E-state index in [1.54, 1.807) is 0 Å². The average molecular weight is 577 g/mol. The molecule has 216 valence electrons. The molecule has 3 unspecified atom stereocenters. The summed E-state index contributed by atoms with van der Waals surface area (Å²) in [5, 5.41) is 109. The third-order valence-electron chi connectivity index (χ3n) is 8.56. The first kappa shape index (κ1) is 25.7. The van der Waals surface area contributed by atoms with Gasteiger partial charge in [0.2, 0.25) is 0 Å². The molecule has 5 atom stereocenters. The van der Waals surface area contributed by atoms with E-state index in [-0.39, 0.29) is 45.1 Å². The number of phenols is 8. The maximum Gasteiger partial charge on any atom is 0.177 e. The van der Waals surface area contributed by atoms with Crippen LogP contribution in [-0.4, -0.2) is 57.2 Å². The van der Waals surface area contributed by atoms with Crippen molar-refractivity contribution in [2.45, 2.75) is 35.7 Å². The molecule has 12 nitrogen and oxygen atoms in total. The summed E-state index contributed by atoms with van der Waals surface area (Å²) in [5.41, 5.74) is -4.69. The van der Waals surface area contributed by atoms with Crippen molar-refractivity contribution in [2.24, 2.45) is 0 Å². The summed E-state index contributed by atoms with van der Waals surface area (Å²) in [6, 6.07) is 10.5. The van der Waals surface area contributed by atoms with Crippen LogP contribution in [0.3, 0.4) is 0 Å². The fraction of sp³-hybridized carbons (Fsp3) is 0.200. The SMILES string of the molecule is Oc1cc(O)c2c(c1)OC1(c3ccc(O)c(O)c3)C3c4c(O)cc(O)c(c4OC(c4ccc(O)c(O)c4)[C@@H]3O)[C@]1(O)C2. The molecule has 2 aliphatic heterocycles. The predicted molar refractivity (Wildman–Crippen MR) is 141 cm³/mol. The second-order valence-electron chi connectivity index (χ2n) is 10.8. The van der Waals surface area contributed by atoms with E-state index in [1.807, 2.05) is 0 Å². The quantitative estimate of drug-likeness (QED) is 0.156. The van der Waals surface area contributed by atoms with Gasteiger partial charge in [0.05, 0.1) is 11.5 Å². The molecule has 4 aromatic carbocycles. The lowest BCUT2D eigenvalue weighted by molar-refractivity contribution is -0.212. The summed E-state index contributed by atoms with van der Waals surface area (Å²) in [5.74, 6) is -5.73. The van der Waals surface area contributed by atoms with Crippen LogP contribution in [0, 0.1) is 0 Å². The van der Waals surface area contributed by atoms with Crippen molar-refractivity contribution < 1.29 is 60.5 Å². The Hall–Kier alpha value is -5.20. The molecule has 0 spiro atoms. The number of ether oxygens (including phenoxy) is 2. The molecule has 4 aromatic rings. The maximum absolute atomic E-state index is 12.8. The summed E-state index contributed by atoms with van der Waals surface area (Å²) in [4.78, 5) is 0. The third-order valence-corrected chi connectivity index (χ3v) is 8.56. The van der Waals surface area contributed by atoms with Crippen LogP contribution in [0.2, 0.25) is 0 Å². The lowest BCUT2D eigenvalue weighted by atomic mass is 9.54. The van der Waals surface area contributed by atoms with Crippen LogP contribution in [0.4, 0.5) is 0 Å². The first-order valence-corrected chi connectivity index (χ1v) is 12.8. The van der Waals surface area contributed by atoms with Crippen molar-refractivity contribution in [3.8, 4) is 57.5 Å². The van der Waals surface area contributed by atoms with Gasteiger partial charge in [-0.1, -0.05) is 12.1 Å². The number of aromatic hydroxyl groups is 8. The van der Waals surface area contributed by atoms with Crippen LogP contribution in [0.25, 0.3) is 0 Å². The van der Waals surface area contributed by atoms with Gasteiger partial charge >= 0.3 is 0 Å². The highest BCUT2D eigenvalue weighted by Gasteiger charge is 2.71. The number of fused-ring (bicyclic) bond motifs is 4. The van der Waals surface area contributed by atoms with Gasteiger partial charge in [-0.25, -0.2) is 0 Å². The summed E-state index contributed by atoms with van der Waals surface area (Å²) in [6.45, 7) is 0. The molecule has 4 bridgehead atoms. The molecule has 0 radical (unpaired) electrons. The van der Waals surface area contributed by atoms with Gasteiger partial charge in [-0.05, 0) is 29.8 Å². The van der Waals surface area contributed by atoms with Crippen molar-refractivity contribution in [3.05, 3.63) is 82.4 Å². The van der Waals surface area contributed by atoms with Crippen LogP contribution in [-0.2, 0) is 17.6 Å². The van der Waals surface area contributed by atoms with E-state index in [9.17, 15) is 51.1 Å². The summed E-state index contributed by atoms with van der Waals surface area (Å²) in [6.07, 6.45) is -3.46. The third kappa shape index (κ3) is 3.07. The van der Waals surface area contributed by atoms with Crippen LogP contribution in [0.1, 0.15) is 39.8 Å². The zero-order chi connectivity index (χ0) is 29.9. The highest BCUT2D eigenvalue weighted by Crippen LogP contribution is 2.71. The maximum atomic E-state index is 12.8. The van der Waals surface area contributed by atoms with E-state index in [1.165, 1.54) is 24.3 Å². The normalized spacial score (nSPS) is 26.9. The van der Waals surface area contributed by atoms with Gasteiger partial charge in [0, 0.05) is 41.3 Å². The van der Waals surface area contributed by atoms with Gasteiger partial charge in [-0.15, -0.1) is 0 Å². The largest absolute Gasteiger partial charge is 0.508 e. The Balaban J connectivity index is 1.59. The minimum atomic E-state index is -2.37. The van der Waals surface area contributed by atoms with E-state index < -0.39 is 76.0 Å². The molecule has 3 aliphatic rings. The lowest BCUT2D eigenvalue weighted by Crippen LogP contribution is -2.65. The number of phenolic OH excluding ortho intramolecular Hbond substituents is 8. The number of hydrogen-bond acceptors (Lipinski definition) is 12. The van der Waals surface area contributed by atoms with Gasteiger partial charge in [0.25, 0.3) is 0 Å². The first-order chi connectivity index (χ1) is 19.9. The highest BCUT2D eigenvalue weighted by molar-refractivity contribution is 5.70. The minimum Gasteiger partial charge on any atom is -0.508 e. The molecule has 1 aliphatic carbocycles. The molecule has 7 rings (SSSR count). The molecule has 0 fully saturated rings. The molecule has 2 heterocycles. The summed E-state index contributed by atoms with van der Waals surface area (Å²) < 4.78 is 12.6. The molecule has 42 heavy (non-hydrogen) atoms. The topological polar surface area (TPSA) is 221 Å². The molecule has 12 heteroatoms. The molecule has 10 N–H and O–H groups in total.